The summed E-state index contributed by atoms with van der Waals surface area (Å²) in [5.41, 5.74) is 3.62. The molecule has 4 N–H and O–H groups in total. The Hall–Kier alpha value is -2.43. The molecular weight excluding hydrogens is 382 g/mol. The first-order valence-corrected chi connectivity index (χ1v) is 10.2. The van der Waals surface area contributed by atoms with Crippen LogP contribution in [0.15, 0.2) is 34.9 Å². The van der Waals surface area contributed by atoms with E-state index < -0.39 is 5.54 Å². The van der Waals surface area contributed by atoms with Crippen LogP contribution in [0.4, 0.5) is 5.82 Å². The Morgan fingerprint density at radius 1 is 1.26 bits per heavy atom. The van der Waals surface area contributed by atoms with Crippen molar-refractivity contribution in [3.05, 3.63) is 35.6 Å². The number of aromatic nitrogens is 5. The Labute approximate surface area is 163 Å². The minimum atomic E-state index is -0.502. The van der Waals surface area contributed by atoms with Crippen molar-refractivity contribution in [1.82, 2.24) is 24.6 Å². The maximum atomic E-state index is 9.55. The Balaban J connectivity index is 1.62. The van der Waals surface area contributed by atoms with E-state index in [9.17, 15) is 5.11 Å². The molecule has 0 fully saturated rings. The molecule has 0 atom stereocenters. The second-order valence-electron chi connectivity index (χ2n) is 6.70. The number of fused-ring (bicyclic) bond motifs is 2. The lowest BCUT2D eigenvalue weighted by Crippen LogP contribution is -2.35. The van der Waals surface area contributed by atoms with Gasteiger partial charge in [0.1, 0.15) is 10.5 Å². The Morgan fingerprint density at radius 3 is 2.85 bits per heavy atom. The smallest absolute Gasteiger partial charge is 0.192 e. The molecule has 0 aliphatic rings. The highest BCUT2D eigenvalue weighted by atomic mass is 32.2. The number of anilines is 1. The molecule has 0 aliphatic carbocycles. The van der Waals surface area contributed by atoms with E-state index in [1.807, 2.05) is 38.1 Å². The van der Waals surface area contributed by atoms with Gasteiger partial charge in [0.2, 0.25) is 0 Å². The molecule has 3 aromatic heterocycles. The Kier molecular flexibility index (Phi) is 4.62. The maximum absolute atomic E-state index is 9.55. The number of nitrogens with one attached hydrogen (secondary N) is 1. The molecule has 10 heteroatoms. The predicted octanol–water partition coefficient (Wildman–Crippen LogP) is 2.62. The van der Waals surface area contributed by atoms with Gasteiger partial charge in [-0.25, -0.2) is 24.6 Å². The monoisotopic (exact) mass is 401 g/mol. The van der Waals surface area contributed by atoms with Crippen LogP contribution in [0.1, 0.15) is 19.7 Å². The SMILES string of the molecule is CC(C)(CO)Nc1nc(SCc2nc3ccccc3n2N)nc2ncsc12. The minimum absolute atomic E-state index is 0.0169. The Morgan fingerprint density at radius 2 is 2.07 bits per heavy atom. The molecule has 27 heavy (non-hydrogen) atoms. The number of aliphatic hydroxyl groups is 1. The van der Waals surface area contributed by atoms with Crippen molar-refractivity contribution in [2.24, 2.45) is 0 Å². The van der Waals surface area contributed by atoms with E-state index >= 15 is 0 Å². The number of benzene rings is 1. The lowest BCUT2D eigenvalue weighted by atomic mass is 10.1. The largest absolute Gasteiger partial charge is 0.394 e. The first-order chi connectivity index (χ1) is 13.0. The number of thiazole rings is 1. The molecule has 0 amide bonds. The fourth-order valence-corrected chi connectivity index (χ4v) is 4.02. The van der Waals surface area contributed by atoms with Gasteiger partial charge in [-0.15, -0.1) is 11.3 Å². The minimum Gasteiger partial charge on any atom is -0.394 e. The molecule has 0 aliphatic heterocycles. The second-order valence-corrected chi connectivity index (χ2v) is 8.50. The fraction of sp³-hybridized carbons (Fsp3) is 0.294. The number of hydrogen-bond acceptors (Lipinski definition) is 9. The van der Waals surface area contributed by atoms with Crippen molar-refractivity contribution in [2.75, 3.05) is 17.8 Å². The van der Waals surface area contributed by atoms with Crippen molar-refractivity contribution < 1.29 is 5.11 Å². The van der Waals surface area contributed by atoms with E-state index in [4.69, 9.17) is 5.84 Å². The maximum Gasteiger partial charge on any atom is 0.192 e. The third-order valence-electron chi connectivity index (χ3n) is 4.02. The predicted molar refractivity (Wildman–Crippen MR) is 109 cm³/mol. The van der Waals surface area contributed by atoms with Crippen LogP contribution in [-0.2, 0) is 5.75 Å². The standard InChI is InChI=1S/C17H19N7OS2/c1-17(2,8-25)23-15-13-14(19-9-27-13)21-16(22-15)26-7-12-20-10-5-3-4-6-11(10)24(12)18/h3-6,9,25H,7-8,18H2,1-2H3,(H,21,22,23). The van der Waals surface area contributed by atoms with Crippen LogP contribution in [0.25, 0.3) is 21.4 Å². The summed E-state index contributed by atoms with van der Waals surface area (Å²) in [5.74, 6) is 8.10. The number of imidazole rings is 1. The number of thioether (sulfide) groups is 1. The van der Waals surface area contributed by atoms with E-state index in [1.165, 1.54) is 23.1 Å². The average molecular weight is 402 g/mol. The van der Waals surface area contributed by atoms with Gasteiger partial charge in [-0.1, -0.05) is 23.9 Å². The summed E-state index contributed by atoms with van der Waals surface area (Å²) in [5, 5.41) is 13.4. The van der Waals surface area contributed by atoms with Gasteiger partial charge >= 0.3 is 0 Å². The van der Waals surface area contributed by atoms with Crippen LogP contribution in [-0.4, -0.2) is 41.9 Å². The second kappa shape index (κ2) is 6.95. The van der Waals surface area contributed by atoms with Gasteiger partial charge in [0, 0.05) is 0 Å². The van der Waals surface area contributed by atoms with E-state index in [2.05, 4.69) is 25.3 Å². The van der Waals surface area contributed by atoms with E-state index in [0.29, 0.717) is 22.4 Å². The molecule has 8 nitrogen and oxygen atoms in total. The third kappa shape index (κ3) is 3.55. The summed E-state index contributed by atoms with van der Waals surface area (Å²) in [7, 11) is 0. The van der Waals surface area contributed by atoms with Crippen molar-refractivity contribution in [1.29, 1.82) is 0 Å². The number of nitrogen functional groups attached to an aromatic ring is 1. The van der Waals surface area contributed by atoms with Crippen LogP contribution < -0.4 is 11.2 Å². The molecule has 0 saturated carbocycles. The van der Waals surface area contributed by atoms with Gasteiger partial charge in [-0.2, -0.15) is 0 Å². The van der Waals surface area contributed by atoms with E-state index in [1.54, 1.807) is 10.2 Å². The van der Waals surface area contributed by atoms with Gasteiger partial charge < -0.3 is 16.3 Å². The van der Waals surface area contributed by atoms with Gasteiger partial charge in [0.25, 0.3) is 0 Å². The average Bonchev–Trinajstić information content (AvgIpc) is 3.25. The quantitative estimate of drug-likeness (QED) is 0.257. The molecule has 3 heterocycles. The zero-order valence-electron chi connectivity index (χ0n) is 14.9. The van der Waals surface area contributed by atoms with Crippen LogP contribution >= 0.6 is 23.1 Å². The zero-order chi connectivity index (χ0) is 19.0. The summed E-state index contributed by atoms with van der Waals surface area (Å²) < 4.78 is 2.46. The number of aliphatic hydroxyl groups excluding tert-OH is 1. The molecule has 0 saturated heterocycles. The Bertz CT molecular complexity index is 1110. The van der Waals surface area contributed by atoms with Crippen molar-refractivity contribution in [2.45, 2.75) is 30.3 Å². The van der Waals surface area contributed by atoms with E-state index in [-0.39, 0.29) is 6.61 Å². The van der Waals surface area contributed by atoms with Crippen LogP contribution in [0.2, 0.25) is 0 Å². The topological polar surface area (TPSA) is 115 Å². The van der Waals surface area contributed by atoms with Crippen molar-refractivity contribution in [3.63, 3.8) is 0 Å². The fourth-order valence-electron chi connectivity index (χ4n) is 2.58. The van der Waals surface area contributed by atoms with Gasteiger partial charge in [0.05, 0.1) is 34.4 Å². The summed E-state index contributed by atoms with van der Waals surface area (Å²) in [6.45, 7) is 3.80. The normalized spacial score (nSPS) is 12.1. The van der Waals surface area contributed by atoms with Crippen LogP contribution in [0, 0.1) is 0 Å². The molecule has 0 unspecified atom stereocenters. The van der Waals surface area contributed by atoms with Crippen molar-refractivity contribution in [3.8, 4) is 0 Å². The molecule has 0 bridgehead atoms. The first kappa shape index (κ1) is 18.0. The van der Waals surface area contributed by atoms with Crippen molar-refractivity contribution >= 4 is 50.3 Å². The number of nitrogens with zero attached hydrogens (tertiary/aromatic N) is 5. The number of para-hydroxylation sites is 2. The highest BCUT2D eigenvalue weighted by Gasteiger charge is 2.20. The van der Waals surface area contributed by atoms with E-state index in [0.717, 1.165) is 21.6 Å². The van der Waals surface area contributed by atoms with Gasteiger partial charge in [0.15, 0.2) is 16.6 Å². The number of nitrogens with two attached hydrogens (primary N) is 1. The van der Waals surface area contributed by atoms with Gasteiger partial charge in [-0.3, -0.25) is 0 Å². The van der Waals surface area contributed by atoms with Gasteiger partial charge in [-0.05, 0) is 26.0 Å². The third-order valence-corrected chi connectivity index (χ3v) is 5.69. The number of hydrogen-bond donors (Lipinski definition) is 3. The molecule has 0 spiro atoms. The van der Waals surface area contributed by atoms with Crippen LogP contribution in [0.5, 0.6) is 0 Å². The molecule has 140 valence electrons. The molecular formula is C17H19N7OS2. The molecule has 1 aromatic carbocycles. The summed E-state index contributed by atoms with van der Waals surface area (Å²) in [6, 6.07) is 7.74. The summed E-state index contributed by atoms with van der Waals surface area (Å²) in [4.78, 5) is 18.0. The molecule has 4 aromatic rings. The summed E-state index contributed by atoms with van der Waals surface area (Å²) in [6.07, 6.45) is 0. The lowest BCUT2D eigenvalue weighted by molar-refractivity contribution is 0.234. The lowest BCUT2D eigenvalue weighted by Gasteiger charge is -2.24. The first-order valence-electron chi connectivity index (χ1n) is 8.31. The highest BCUT2D eigenvalue weighted by molar-refractivity contribution is 7.98. The highest BCUT2D eigenvalue weighted by Crippen LogP contribution is 2.30. The van der Waals surface area contributed by atoms with Crippen LogP contribution in [0.3, 0.4) is 0 Å². The molecule has 0 radical (unpaired) electrons. The zero-order valence-corrected chi connectivity index (χ0v) is 16.5. The summed E-state index contributed by atoms with van der Waals surface area (Å²) >= 11 is 2.91. The number of rotatable bonds is 6. The molecule has 4 rings (SSSR count).